The minimum Gasteiger partial charge on any atom is -0.481 e. The molecule has 4 rings (SSSR count). The molecule has 1 atom stereocenters. The van der Waals surface area contributed by atoms with E-state index in [2.05, 4.69) is 52.8 Å². The van der Waals surface area contributed by atoms with Gasteiger partial charge >= 0.3 is 0 Å². The van der Waals surface area contributed by atoms with E-state index in [1.54, 1.807) is 32.5 Å². The second-order valence-electron chi connectivity index (χ2n) is 6.23. The van der Waals surface area contributed by atoms with Crippen LogP contribution < -0.4 is 10.1 Å². The molecule has 1 aliphatic heterocycles. The average Bonchev–Trinajstić information content (AvgIpc) is 2.80. The predicted molar refractivity (Wildman–Crippen MR) is 118 cm³/mol. The van der Waals surface area contributed by atoms with E-state index in [1.165, 1.54) is 11.1 Å². The molecule has 4 nitrogen and oxygen atoms in total. The molecule has 0 bridgehead atoms. The quantitative estimate of drug-likeness (QED) is 0.615. The van der Waals surface area contributed by atoms with Crippen LogP contribution in [0.3, 0.4) is 0 Å². The third-order valence-electron chi connectivity index (χ3n) is 4.48. The zero-order chi connectivity index (χ0) is 20.5. The van der Waals surface area contributed by atoms with Gasteiger partial charge in [0.1, 0.15) is 0 Å². The number of nitrogens with one attached hydrogen (secondary N) is 1. The summed E-state index contributed by atoms with van der Waals surface area (Å²) in [5.74, 6) is 0.544. The highest BCUT2D eigenvalue weighted by molar-refractivity contribution is 6.30. The van der Waals surface area contributed by atoms with E-state index in [-0.39, 0.29) is 0 Å². The van der Waals surface area contributed by atoms with Gasteiger partial charge in [0.25, 0.3) is 0 Å². The second kappa shape index (κ2) is 9.92. The first-order valence-corrected chi connectivity index (χ1v) is 9.54. The zero-order valence-electron chi connectivity index (χ0n) is 16.4. The lowest BCUT2D eigenvalue weighted by molar-refractivity contribution is 0.00969. The molecule has 1 aliphatic rings. The summed E-state index contributed by atoms with van der Waals surface area (Å²) in [4.78, 5) is 3.85. The van der Waals surface area contributed by atoms with Gasteiger partial charge in [-0.15, -0.1) is 0 Å². The largest absolute Gasteiger partial charge is 0.481 e. The number of rotatable bonds is 4. The Labute approximate surface area is 176 Å². The Kier molecular flexibility index (Phi) is 7.06. The number of halogens is 1. The molecule has 0 saturated carbocycles. The summed E-state index contributed by atoms with van der Waals surface area (Å²) < 4.78 is 10.6. The van der Waals surface area contributed by atoms with Crippen LogP contribution in [0, 0.1) is 0 Å². The van der Waals surface area contributed by atoms with Gasteiger partial charge in [-0.2, -0.15) is 0 Å². The molecule has 0 aliphatic carbocycles. The van der Waals surface area contributed by atoms with Crippen LogP contribution in [0.25, 0.3) is 11.1 Å². The van der Waals surface area contributed by atoms with Crippen molar-refractivity contribution in [1.29, 1.82) is 0 Å². The number of aromatic nitrogens is 1. The van der Waals surface area contributed by atoms with Crippen molar-refractivity contribution >= 4 is 11.6 Å². The Morgan fingerprint density at radius 3 is 2.31 bits per heavy atom. The molecule has 0 spiro atoms. The van der Waals surface area contributed by atoms with Crippen molar-refractivity contribution in [3.63, 3.8) is 0 Å². The standard InChI is InChI=1S/C18H17NO.C6H6ClNO/c1-20-18(13-7-8-14-19-18)17-12-6-5-11-16(17)15-9-3-2-4-10-15;1-9-6-4-5(7)2-3-8-6/h2-14,19H,1H3;2-4H,1H3. The lowest BCUT2D eigenvalue weighted by Gasteiger charge is -2.33. The van der Waals surface area contributed by atoms with E-state index in [4.69, 9.17) is 21.1 Å². The molecular formula is C24H23ClN2O2. The maximum atomic E-state index is 5.78. The van der Waals surface area contributed by atoms with Crippen molar-refractivity contribution in [1.82, 2.24) is 10.3 Å². The lowest BCUT2D eigenvalue weighted by Crippen LogP contribution is -2.40. The summed E-state index contributed by atoms with van der Waals surface area (Å²) in [6, 6.07) is 22.0. The fraction of sp³-hybridized carbons (Fsp3) is 0.125. The summed E-state index contributed by atoms with van der Waals surface area (Å²) in [7, 11) is 3.27. The summed E-state index contributed by atoms with van der Waals surface area (Å²) in [5, 5.41) is 3.96. The molecule has 2 heterocycles. The maximum absolute atomic E-state index is 5.78. The highest BCUT2D eigenvalue weighted by atomic mass is 35.5. The van der Waals surface area contributed by atoms with Crippen LogP contribution >= 0.6 is 11.6 Å². The highest BCUT2D eigenvalue weighted by Gasteiger charge is 2.31. The smallest absolute Gasteiger partial charge is 0.214 e. The van der Waals surface area contributed by atoms with E-state index in [1.807, 2.05) is 36.6 Å². The van der Waals surface area contributed by atoms with Gasteiger partial charge in [-0.05, 0) is 35.5 Å². The lowest BCUT2D eigenvalue weighted by atomic mass is 9.91. The third kappa shape index (κ3) is 5.05. The van der Waals surface area contributed by atoms with Gasteiger partial charge in [-0.3, -0.25) is 0 Å². The van der Waals surface area contributed by atoms with Crippen molar-refractivity contribution in [2.45, 2.75) is 5.72 Å². The summed E-state index contributed by atoms with van der Waals surface area (Å²) in [6.45, 7) is 0. The fourth-order valence-electron chi connectivity index (χ4n) is 3.04. The van der Waals surface area contributed by atoms with E-state index in [0.29, 0.717) is 10.9 Å². The molecule has 0 fully saturated rings. The van der Waals surface area contributed by atoms with Gasteiger partial charge in [-0.1, -0.05) is 72.3 Å². The van der Waals surface area contributed by atoms with Gasteiger partial charge in [0, 0.05) is 30.0 Å². The van der Waals surface area contributed by atoms with Crippen LogP contribution in [-0.4, -0.2) is 19.2 Å². The monoisotopic (exact) mass is 406 g/mol. The van der Waals surface area contributed by atoms with E-state index < -0.39 is 5.72 Å². The molecule has 2 aromatic carbocycles. The first kappa shape index (κ1) is 20.6. The zero-order valence-corrected chi connectivity index (χ0v) is 17.1. The van der Waals surface area contributed by atoms with Crippen molar-refractivity contribution < 1.29 is 9.47 Å². The number of dihydropyridines is 1. The van der Waals surface area contributed by atoms with Crippen LogP contribution in [-0.2, 0) is 10.5 Å². The topological polar surface area (TPSA) is 43.4 Å². The van der Waals surface area contributed by atoms with E-state index in [9.17, 15) is 0 Å². The van der Waals surface area contributed by atoms with Crippen LogP contribution in [0.1, 0.15) is 5.56 Å². The number of hydrogen-bond donors (Lipinski definition) is 1. The number of pyridine rings is 1. The number of nitrogens with zero attached hydrogens (tertiary/aromatic N) is 1. The fourth-order valence-corrected chi connectivity index (χ4v) is 3.19. The molecule has 3 aromatic rings. The van der Waals surface area contributed by atoms with E-state index in [0.717, 1.165) is 5.56 Å². The van der Waals surface area contributed by atoms with Crippen molar-refractivity contribution in [3.05, 3.63) is 108 Å². The molecular weight excluding hydrogens is 384 g/mol. The summed E-state index contributed by atoms with van der Waals surface area (Å²) in [6.07, 6.45) is 9.51. The Hall–Kier alpha value is -3.08. The number of hydrogen-bond acceptors (Lipinski definition) is 4. The third-order valence-corrected chi connectivity index (χ3v) is 4.71. The Bertz CT molecular complexity index is 989. The Balaban J connectivity index is 0.000000224. The molecule has 29 heavy (non-hydrogen) atoms. The Morgan fingerprint density at radius 1 is 0.931 bits per heavy atom. The van der Waals surface area contributed by atoms with Gasteiger partial charge in [-0.25, -0.2) is 4.98 Å². The van der Waals surface area contributed by atoms with Crippen molar-refractivity contribution in [2.24, 2.45) is 0 Å². The van der Waals surface area contributed by atoms with Gasteiger partial charge in [0.05, 0.1) is 7.11 Å². The molecule has 0 amide bonds. The molecule has 1 aromatic heterocycles. The average molecular weight is 407 g/mol. The maximum Gasteiger partial charge on any atom is 0.214 e. The minimum absolute atomic E-state index is 0.544. The van der Waals surface area contributed by atoms with Gasteiger partial charge in [0.2, 0.25) is 5.88 Å². The molecule has 5 heteroatoms. The van der Waals surface area contributed by atoms with E-state index >= 15 is 0 Å². The van der Waals surface area contributed by atoms with Crippen molar-refractivity contribution in [3.8, 4) is 17.0 Å². The van der Waals surface area contributed by atoms with Gasteiger partial charge in [0.15, 0.2) is 5.72 Å². The first-order chi connectivity index (χ1) is 14.2. The van der Waals surface area contributed by atoms with Crippen LogP contribution in [0.15, 0.2) is 97.4 Å². The van der Waals surface area contributed by atoms with Gasteiger partial charge < -0.3 is 14.8 Å². The molecule has 0 radical (unpaired) electrons. The number of ether oxygens (including phenoxy) is 2. The minimum atomic E-state index is -0.610. The number of allylic oxidation sites excluding steroid dienone is 2. The predicted octanol–water partition coefficient (Wildman–Crippen LogP) is 5.57. The van der Waals surface area contributed by atoms with Crippen LogP contribution in [0.5, 0.6) is 5.88 Å². The molecule has 1 N–H and O–H groups in total. The number of methoxy groups -OCH3 is 2. The van der Waals surface area contributed by atoms with Crippen LogP contribution in [0.4, 0.5) is 0 Å². The Morgan fingerprint density at radius 2 is 1.69 bits per heavy atom. The highest BCUT2D eigenvalue weighted by Crippen LogP contribution is 2.34. The molecule has 0 saturated heterocycles. The summed E-state index contributed by atoms with van der Waals surface area (Å²) >= 11 is 5.60. The summed E-state index contributed by atoms with van der Waals surface area (Å²) in [5.41, 5.74) is 2.85. The van der Waals surface area contributed by atoms with Crippen molar-refractivity contribution in [2.75, 3.05) is 14.2 Å². The first-order valence-electron chi connectivity index (χ1n) is 9.16. The molecule has 1 unspecified atom stereocenters. The van der Waals surface area contributed by atoms with Crippen LogP contribution in [0.2, 0.25) is 5.02 Å². The number of benzene rings is 2. The second-order valence-corrected chi connectivity index (χ2v) is 6.67. The SMILES string of the molecule is COC1(c2ccccc2-c2ccccc2)C=CC=CN1.COc1cc(Cl)ccn1. The molecule has 148 valence electrons. The normalized spacial score (nSPS) is 17.1.